The number of sulfonamides is 1. The van der Waals surface area contributed by atoms with Gasteiger partial charge >= 0.3 is 5.97 Å². The molecule has 2 aromatic rings. The Labute approximate surface area is 199 Å². The minimum Gasteiger partial charge on any atom is -0.461 e. The lowest BCUT2D eigenvalue weighted by Crippen LogP contribution is -2.37. The third-order valence-electron chi connectivity index (χ3n) is 5.47. The first-order valence-corrected chi connectivity index (χ1v) is 13.4. The Morgan fingerprint density at radius 1 is 1.27 bits per heavy atom. The van der Waals surface area contributed by atoms with Gasteiger partial charge in [-0.1, -0.05) is 44.2 Å². The molecule has 0 aliphatic carbocycles. The number of carbonyl (C=O) groups excluding carboxylic acids is 2. The number of aryl methyl sites for hydroxylation is 1. The second kappa shape index (κ2) is 10.8. The smallest absolute Gasteiger partial charge is 0.350 e. The summed E-state index contributed by atoms with van der Waals surface area (Å²) in [5, 5.41) is 3.37. The Morgan fingerprint density at radius 2 is 1.97 bits per heavy atom. The summed E-state index contributed by atoms with van der Waals surface area (Å²) in [6.07, 6.45) is 1.67. The number of nitrogens with one attached hydrogen (secondary N) is 1. The van der Waals surface area contributed by atoms with Gasteiger partial charge in [0.2, 0.25) is 10.0 Å². The molecule has 0 unspecified atom stereocenters. The lowest BCUT2D eigenvalue weighted by atomic mass is 10.0. The number of esters is 1. The van der Waals surface area contributed by atoms with Gasteiger partial charge in [0, 0.05) is 18.7 Å². The number of anilines is 1. The topological polar surface area (TPSA) is 106 Å². The van der Waals surface area contributed by atoms with Crippen molar-refractivity contribution in [2.75, 3.05) is 31.6 Å². The van der Waals surface area contributed by atoms with E-state index < -0.39 is 16.0 Å². The van der Waals surface area contributed by atoms with Gasteiger partial charge in [0.25, 0.3) is 0 Å². The van der Waals surface area contributed by atoms with Crippen LogP contribution in [0.5, 0.6) is 0 Å². The number of thiazole rings is 1. The van der Waals surface area contributed by atoms with Crippen molar-refractivity contribution >= 4 is 38.2 Å². The van der Waals surface area contributed by atoms with Crippen molar-refractivity contribution in [3.05, 3.63) is 40.4 Å². The number of benzene rings is 1. The highest BCUT2D eigenvalue weighted by molar-refractivity contribution is 7.89. The molecule has 1 aromatic carbocycles. The van der Waals surface area contributed by atoms with E-state index in [4.69, 9.17) is 4.74 Å². The summed E-state index contributed by atoms with van der Waals surface area (Å²) in [7, 11) is -3.63. The average molecular weight is 494 g/mol. The number of ether oxygens (including phenoxy) is 1. The Kier molecular flexibility index (Phi) is 8.25. The lowest BCUT2D eigenvalue weighted by molar-refractivity contribution is 0.0463. The predicted octanol–water partition coefficient (Wildman–Crippen LogP) is 3.98. The highest BCUT2D eigenvalue weighted by Crippen LogP contribution is 2.25. The molecule has 0 atom stereocenters. The zero-order chi connectivity index (χ0) is 24.2. The number of Topliss-reactive ketones (excluding diaryl/α,β-unsaturated/α-hetero) is 1. The third kappa shape index (κ3) is 6.39. The number of aromatic nitrogens is 1. The molecule has 1 fully saturated rings. The fourth-order valence-corrected chi connectivity index (χ4v) is 5.80. The number of rotatable bonds is 9. The highest BCUT2D eigenvalue weighted by Gasteiger charge is 2.28. The molecule has 180 valence electrons. The summed E-state index contributed by atoms with van der Waals surface area (Å²) >= 11 is 1.13. The van der Waals surface area contributed by atoms with Crippen molar-refractivity contribution in [2.45, 2.75) is 45.4 Å². The Morgan fingerprint density at radius 3 is 2.64 bits per heavy atom. The Balaban J connectivity index is 1.65. The summed E-state index contributed by atoms with van der Waals surface area (Å²) in [4.78, 5) is 29.8. The molecular weight excluding hydrogens is 462 g/mol. The molecule has 2 heterocycles. The maximum atomic E-state index is 13.0. The van der Waals surface area contributed by atoms with Crippen molar-refractivity contribution in [2.24, 2.45) is 11.8 Å². The molecule has 33 heavy (non-hydrogen) atoms. The third-order valence-corrected chi connectivity index (χ3v) is 8.46. The normalized spacial score (nSPS) is 15.5. The summed E-state index contributed by atoms with van der Waals surface area (Å²) in [5.74, 6) is 0.0529. The molecule has 1 aliphatic rings. The van der Waals surface area contributed by atoms with Gasteiger partial charge in [0.05, 0.1) is 23.7 Å². The molecule has 0 saturated carbocycles. The lowest BCUT2D eigenvalue weighted by Gasteiger charge is -2.29. The highest BCUT2D eigenvalue weighted by atomic mass is 32.2. The van der Waals surface area contributed by atoms with E-state index in [1.807, 2.05) is 13.8 Å². The molecule has 1 saturated heterocycles. The molecule has 0 bridgehead atoms. The van der Waals surface area contributed by atoms with Crippen LogP contribution >= 0.6 is 11.3 Å². The van der Waals surface area contributed by atoms with Crippen LogP contribution in [0.15, 0.2) is 29.2 Å². The molecule has 1 N–H and O–H groups in total. The van der Waals surface area contributed by atoms with Crippen LogP contribution in [0.4, 0.5) is 5.13 Å². The van der Waals surface area contributed by atoms with Crippen LogP contribution in [-0.2, 0) is 14.8 Å². The van der Waals surface area contributed by atoms with Gasteiger partial charge in [-0.25, -0.2) is 18.2 Å². The molecular formula is C23H31N3O5S2. The number of carbonyl (C=O) groups is 2. The summed E-state index contributed by atoms with van der Waals surface area (Å²) in [6.45, 7) is 8.99. The maximum Gasteiger partial charge on any atom is 0.350 e. The standard InChI is InChI=1S/C23H31N3O5S2/c1-15(2)14-31-22(28)21-17(4)25-23(32-21)24-13-20(27)18-6-5-7-19(12-18)33(29,30)26-10-8-16(3)9-11-26/h5-7,12,15-16H,8-11,13-14H2,1-4H3,(H,24,25). The van der Waals surface area contributed by atoms with Crippen LogP contribution < -0.4 is 5.32 Å². The van der Waals surface area contributed by atoms with Gasteiger partial charge in [-0.15, -0.1) is 0 Å². The first kappa shape index (κ1) is 25.3. The number of piperidine rings is 1. The fourth-order valence-electron chi connectivity index (χ4n) is 3.43. The Hall–Kier alpha value is -2.30. The summed E-state index contributed by atoms with van der Waals surface area (Å²) in [5.41, 5.74) is 0.839. The fraction of sp³-hybridized carbons (Fsp3) is 0.522. The van der Waals surface area contributed by atoms with E-state index in [-0.39, 0.29) is 23.1 Å². The van der Waals surface area contributed by atoms with Crippen molar-refractivity contribution in [3.8, 4) is 0 Å². The van der Waals surface area contributed by atoms with Gasteiger partial charge in [-0.3, -0.25) is 4.79 Å². The van der Waals surface area contributed by atoms with Crippen molar-refractivity contribution in [3.63, 3.8) is 0 Å². The van der Waals surface area contributed by atoms with Gasteiger partial charge in [0.15, 0.2) is 10.9 Å². The van der Waals surface area contributed by atoms with Gasteiger partial charge in [0.1, 0.15) is 4.88 Å². The second-order valence-electron chi connectivity index (χ2n) is 8.82. The molecule has 0 spiro atoms. The average Bonchev–Trinajstić information content (AvgIpc) is 3.16. The predicted molar refractivity (Wildman–Crippen MR) is 128 cm³/mol. The van der Waals surface area contributed by atoms with Crippen LogP contribution in [0.25, 0.3) is 0 Å². The summed E-state index contributed by atoms with van der Waals surface area (Å²) < 4.78 is 32.7. The van der Waals surface area contributed by atoms with Crippen molar-refractivity contribution in [1.29, 1.82) is 0 Å². The monoisotopic (exact) mass is 493 g/mol. The minimum atomic E-state index is -3.63. The van der Waals surface area contributed by atoms with Gasteiger partial charge < -0.3 is 10.1 Å². The number of hydrogen-bond acceptors (Lipinski definition) is 8. The number of ketones is 1. The van der Waals surface area contributed by atoms with Gasteiger partial charge in [-0.2, -0.15) is 4.31 Å². The maximum absolute atomic E-state index is 13.0. The SMILES string of the molecule is Cc1nc(NCC(=O)c2cccc(S(=O)(=O)N3CCC(C)CC3)c2)sc1C(=O)OCC(C)C. The zero-order valence-corrected chi connectivity index (χ0v) is 21.1. The minimum absolute atomic E-state index is 0.0713. The van der Waals surface area contributed by atoms with E-state index in [1.54, 1.807) is 19.1 Å². The number of hydrogen-bond donors (Lipinski definition) is 1. The van der Waals surface area contributed by atoms with E-state index in [1.165, 1.54) is 16.4 Å². The van der Waals surface area contributed by atoms with E-state index in [9.17, 15) is 18.0 Å². The Bertz CT molecular complexity index is 1100. The molecule has 1 aromatic heterocycles. The van der Waals surface area contributed by atoms with E-state index in [0.717, 1.165) is 24.2 Å². The second-order valence-corrected chi connectivity index (χ2v) is 11.8. The van der Waals surface area contributed by atoms with Crippen LogP contribution in [0, 0.1) is 18.8 Å². The van der Waals surface area contributed by atoms with Crippen LogP contribution in [0.1, 0.15) is 59.3 Å². The van der Waals surface area contributed by atoms with Gasteiger partial charge in [-0.05, 0) is 43.7 Å². The van der Waals surface area contributed by atoms with Crippen LogP contribution in [0.2, 0.25) is 0 Å². The molecule has 3 rings (SSSR count). The van der Waals surface area contributed by atoms with Crippen LogP contribution in [0.3, 0.4) is 0 Å². The van der Waals surface area contributed by atoms with E-state index >= 15 is 0 Å². The molecule has 0 radical (unpaired) electrons. The van der Waals surface area contributed by atoms with Crippen molar-refractivity contribution in [1.82, 2.24) is 9.29 Å². The number of nitrogens with zero attached hydrogens (tertiary/aromatic N) is 2. The quantitative estimate of drug-likeness (QED) is 0.416. The zero-order valence-electron chi connectivity index (χ0n) is 19.5. The van der Waals surface area contributed by atoms with Crippen LogP contribution in [-0.4, -0.2) is 55.7 Å². The summed E-state index contributed by atoms with van der Waals surface area (Å²) in [6, 6.07) is 6.14. The molecule has 8 nitrogen and oxygen atoms in total. The van der Waals surface area contributed by atoms with Crippen molar-refractivity contribution < 1.29 is 22.7 Å². The van der Waals surface area contributed by atoms with E-state index in [0.29, 0.717) is 46.9 Å². The van der Waals surface area contributed by atoms with E-state index in [2.05, 4.69) is 17.2 Å². The molecule has 1 aliphatic heterocycles. The largest absolute Gasteiger partial charge is 0.461 e. The molecule has 0 amide bonds. The molecule has 10 heteroatoms. The first-order chi connectivity index (χ1) is 15.6. The first-order valence-electron chi connectivity index (χ1n) is 11.1.